The van der Waals surface area contributed by atoms with Gasteiger partial charge in [-0.1, -0.05) is 0 Å². The summed E-state index contributed by atoms with van der Waals surface area (Å²) in [5, 5.41) is 2.84. The van der Waals surface area contributed by atoms with Gasteiger partial charge in [0.25, 0.3) is 0 Å². The molecule has 0 aliphatic rings. The van der Waals surface area contributed by atoms with Gasteiger partial charge in [-0.2, -0.15) is 4.98 Å². The van der Waals surface area contributed by atoms with Crippen molar-refractivity contribution in [3.05, 3.63) is 44.0 Å². The first-order valence-corrected chi connectivity index (χ1v) is 8.06. The third-order valence-corrected chi connectivity index (χ3v) is 4.42. The molecule has 0 aliphatic carbocycles. The summed E-state index contributed by atoms with van der Waals surface area (Å²) in [7, 11) is 0. The number of nitrogens with one attached hydrogen (secondary N) is 1. The molecule has 0 radical (unpaired) electrons. The number of aromatic nitrogens is 3. The van der Waals surface area contributed by atoms with Crippen LogP contribution in [-0.4, -0.2) is 27.0 Å². The van der Waals surface area contributed by atoms with Gasteiger partial charge < -0.3 is 5.32 Å². The second kappa shape index (κ2) is 7.31. The van der Waals surface area contributed by atoms with Gasteiger partial charge in [0, 0.05) is 35.8 Å². The smallest absolute Gasteiger partial charge is 0.348 e. The van der Waals surface area contributed by atoms with Gasteiger partial charge in [-0.25, -0.2) is 9.78 Å². The van der Waals surface area contributed by atoms with Crippen molar-refractivity contribution in [3.8, 4) is 0 Å². The number of hydrogen-bond donors (Lipinski definition) is 1. The maximum atomic E-state index is 11.8. The molecule has 2 aromatic rings. The van der Waals surface area contributed by atoms with Crippen LogP contribution < -0.4 is 11.0 Å². The van der Waals surface area contributed by atoms with Gasteiger partial charge in [0.05, 0.1) is 11.2 Å². The summed E-state index contributed by atoms with van der Waals surface area (Å²) in [6.45, 7) is 6.46. The fraction of sp³-hybridized carbons (Fsp3) is 0.467. The predicted molar refractivity (Wildman–Crippen MR) is 86.2 cm³/mol. The van der Waals surface area contributed by atoms with Gasteiger partial charge in [-0.15, -0.1) is 11.3 Å². The van der Waals surface area contributed by atoms with Crippen molar-refractivity contribution in [1.82, 2.24) is 19.9 Å². The Morgan fingerprint density at radius 2 is 2.14 bits per heavy atom. The minimum Gasteiger partial charge on any atom is -0.354 e. The van der Waals surface area contributed by atoms with Crippen molar-refractivity contribution >= 4 is 17.2 Å². The van der Waals surface area contributed by atoms with E-state index in [-0.39, 0.29) is 11.6 Å². The lowest BCUT2D eigenvalue weighted by Crippen LogP contribution is -2.33. The lowest BCUT2D eigenvalue weighted by atomic mass is 10.2. The Morgan fingerprint density at radius 3 is 2.77 bits per heavy atom. The third-order valence-electron chi connectivity index (χ3n) is 3.43. The van der Waals surface area contributed by atoms with E-state index in [2.05, 4.69) is 15.3 Å². The summed E-state index contributed by atoms with van der Waals surface area (Å²) < 4.78 is 1.57. The van der Waals surface area contributed by atoms with Gasteiger partial charge in [-0.05, 0) is 33.3 Å². The number of rotatable bonds is 6. The highest BCUT2D eigenvalue weighted by molar-refractivity contribution is 7.09. The number of carbonyl (C=O) groups excluding carboxylic acids is 1. The van der Waals surface area contributed by atoms with Crippen LogP contribution in [0.4, 0.5) is 0 Å². The molecule has 0 saturated heterocycles. The van der Waals surface area contributed by atoms with Gasteiger partial charge in [-0.3, -0.25) is 9.36 Å². The maximum Gasteiger partial charge on any atom is 0.348 e. The molecule has 0 aromatic carbocycles. The number of hydrogen-bond acceptors (Lipinski definition) is 5. The van der Waals surface area contributed by atoms with Gasteiger partial charge >= 0.3 is 5.69 Å². The van der Waals surface area contributed by atoms with Crippen molar-refractivity contribution in [1.29, 1.82) is 0 Å². The fourth-order valence-electron chi connectivity index (χ4n) is 2.24. The molecule has 0 saturated carbocycles. The van der Waals surface area contributed by atoms with Crippen molar-refractivity contribution in [2.75, 3.05) is 6.54 Å². The van der Waals surface area contributed by atoms with Crippen LogP contribution in [0.25, 0.3) is 0 Å². The largest absolute Gasteiger partial charge is 0.354 e. The van der Waals surface area contributed by atoms with Crippen LogP contribution in [0, 0.1) is 20.8 Å². The Balaban J connectivity index is 1.80. The predicted octanol–water partition coefficient (Wildman–Crippen LogP) is 1.37. The normalized spacial score (nSPS) is 10.7. The van der Waals surface area contributed by atoms with E-state index in [4.69, 9.17) is 0 Å². The molecule has 2 rings (SSSR count). The summed E-state index contributed by atoms with van der Waals surface area (Å²) in [5.74, 6) is -0.0152. The molecule has 1 amide bonds. The average Bonchev–Trinajstić information content (AvgIpc) is 2.85. The van der Waals surface area contributed by atoms with Gasteiger partial charge in [0.1, 0.15) is 0 Å². The van der Waals surface area contributed by atoms with E-state index in [0.717, 1.165) is 16.3 Å². The second-order valence-electron chi connectivity index (χ2n) is 5.18. The SMILES string of the molecule is Cc1cc(C)n(CCNC(=O)CCc2scnc2C)c(=O)n1. The monoisotopic (exact) mass is 320 g/mol. The van der Waals surface area contributed by atoms with E-state index < -0.39 is 0 Å². The first-order valence-electron chi connectivity index (χ1n) is 7.18. The Labute approximate surface area is 133 Å². The van der Waals surface area contributed by atoms with E-state index in [0.29, 0.717) is 31.6 Å². The molecule has 0 unspecified atom stereocenters. The Kier molecular flexibility index (Phi) is 5.43. The van der Waals surface area contributed by atoms with Crippen LogP contribution in [0.1, 0.15) is 28.4 Å². The highest BCUT2D eigenvalue weighted by Crippen LogP contribution is 2.13. The van der Waals surface area contributed by atoms with E-state index in [9.17, 15) is 9.59 Å². The molecule has 2 aromatic heterocycles. The van der Waals surface area contributed by atoms with Gasteiger partial charge in [0.2, 0.25) is 5.91 Å². The number of nitrogens with zero attached hydrogens (tertiary/aromatic N) is 3. The van der Waals surface area contributed by atoms with Crippen LogP contribution in [0.5, 0.6) is 0 Å². The molecule has 118 valence electrons. The lowest BCUT2D eigenvalue weighted by Gasteiger charge is -2.10. The van der Waals surface area contributed by atoms with Crippen LogP contribution in [-0.2, 0) is 17.8 Å². The quantitative estimate of drug-likeness (QED) is 0.872. The van der Waals surface area contributed by atoms with Crippen LogP contribution in [0.15, 0.2) is 16.4 Å². The Hall–Kier alpha value is -2.02. The minimum absolute atomic E-state index is 0.0152. The Bertz CT molecular complexity index is 721. The zero-order valence-electron chi connectivity index (χ0n) is 13.0. The molecule has 0 bridgehead atoms. The fourth-order valence-corrected chi connectivity index (χ4v) is 3.02. The summed E-state index contributed by atoms with van der Waals surface area (Å²) >= 11 is 1.57. The summed E-state index contributed by atoms with van der Waals surface area (Å²) in [5.41, 5.74) is 4.08. The lowest BCUT2D eigenvalue weighted by molar-refractivity contribution is -0.121. The molecular weight excluding hydrogens is 300 g/mol. The highest BCUT2D eigenvalue weighted by atomic mass is 32.1. The van der Waals surface area contributed by atoms with Crippen LogP contribution in [0.2, 0.25) is 0 Å². The first kappa shape index (κ1) is 16.4. The van der Waals surface area contributed by atoms with Crippen molar-refractivity contribution in [2.24, 2.45) is 0 Å². The third kappa shape index (κ3) is 4.24. The zero-order chi connectivity index (χ0) is 16.1. The molecule has 2 heterocycles. The molecule has 22 heavy (non-hydrogen) atoms. The molecular formula is C15H20N4O2S. The first-order chi connectivity index (χ1) is 10.5. The number of aryl methyl sites for hydroxylation is 4. The average molecular weight is 320 g/mol. The standard InChI is InChI=1S/C15H20N4O2S/c1-10-8-11(2)19(15(21)18-10)7-6-16-14(20)5-4-13-12(3)17-9-22-13/h8-9H,4-7H2,1-3H3,(H,16,20). The Morgan fingerprint density at radius 1 is 1.36 bits per heavy atom. The molecule has 6 nitrogen and oxygen atoms in total. The summed E-state index contributed by atoms with van der Waals surface area (Å²) in [4.78, 5) is 32.8. The second-order valence-corrected chi connectivity index (χ2v) is 6.12. The topological polar surface area (TPSA) is 76.9 Å². The van der Waals surface area contributed by atoms with Crippen LogP contribution in [0.3, 0.4) is 0 Å². The van der Waals surface area contributed by atoms with Crippen LogP contribution >= 0.6 is 11.3 Å². The molecule has 0 spiro atoms. The van der Waals surface area contributed by atoms with E-state index in [1.54, 1.807) is 28.3 Å². The number of thiazole rings is 1. The number of carbonyl (C=O) groups is 1. The minimum atomic E-state index is -0.271. The molecule has 0 atom stereocenters. The maximum absolute atomic E-state index is 11.8. The summed E-state index contributed by atoms with van der Waals surface area (Å²) in [6.07, 6.45) is 1.14. The van der Waals surface area contributed by atoms with Crippen molar-refractivity contribution in [3.63, 3.8) is 0 Å². The highest BCUT2D eigenvalue weighted by Gasteiger charge is 2.07. The molecule has 0 fully saturated rings. The molecule has 7 heteroatoms. The van der Waals surface area contributed by atoms with E-state index in [1.165, 1.54) is 0 Å². The zero-order valence-corrected chi connectivity index (χ0v) is 13.9. The summed E-state index contributed by atoms with van der Waals surface area (Å²) in [6, 6.07) is 1.86. The molecule has 1 N–H and O–H groups in total. The van der Waals surface area contributed by atoms with E-state index in [1.807, 2.05) is 19.9 Å². The van der Waals surface area contributed by atoms with Crippen molar-refractivity contribution < 1.29 is 4.79 Å². The van der Waals surface area contributed by atoms with Crippen molar-refractivity contribution in [2.45, 2.75) is 40.2 Å². The van der Waals surface area contributed by atoms with Gasteiger partial charge in [0.15, 0.2) is 0 Å². The van der Waals surface area contributed by atoms with E-state index >= 15 is 0 Å². The molecule has 0 aliphatic heterocycles. The number of amides is 1.